The molecule has 0 aliphatic carbocycles. The van der Waals surface area contributed by atoms with Crippen LogP contribution in [-0.2, 0) is 16.8 Å². The molecule has 0 spiro atoms. The van der Waals surface area contributed by atoms with Crippen LogP contribution in [0, 0.1) is 0 Å². The van der Waals surface area contributed by atoms with E-state index in [2.05, 4.69) is 0 Å². The van der Waals surface area contributed by atoms with E-state index in [1.54, 1.807) is 0 Å². The van der Waals surface area contributed by atoms with Gasteiger partial charge in [-0.15, -0.1) is 0 Å². The zero-order valence-electron chi connectivity index (χ0n) is 1.97. The van der Waals surface area contributed by atoms with E-state index < -0.39 is 0 Å². The molecule has 0 rings (SSSR count). The Morgan fingerprint density at radius 2 is 0.400 bits per heavy atom. The first-order chi connectivity index (χ1) is 0. The molecular weight excluding hydrogens is 135 g/mol. The van der Waals surface area contributed by atoms with Crippen LogP contribution in [0.25, 0.3) is 0 Å². The summed E-state index contributed by atoms with van der Waals surface area (Å²) in [5, 5.41) is 0. The fourth-order valence-corrected chi connectivity index (χ4v) is 0. The van der Waals surface area contributed by atoms with E-state index in [1.165, 1.54) is 0 Å². The second-order valence-corrected chi connectivity index (χ2v) is 0. The van der Waals surface area contributed by atoms with E-state index in [9.17, 15) is 0 Å². The SMILES string of the molecule is F.F.F.F.[Co]. The molecule has 5 heavy (non-hydrogen) atoms. The molecule has 0 unspecified atom stereocenters. The van der Waals surface area contributed by atoms with Crippen molar-refractivity contribution in [1.29, 1.82) is 0 Å². The van der Waals surface area contributed by atoms with Crippen LogP contribution in [0.5, 0.6) is 0 Å². The van der Waals surface area contributed by atoms with Crippen molar-refractivity contribution >= 4 is 0 Å². The van der Waals surface area contributed by atoms with E-state index in [0.717, 1.165) is 0 Å². The van der Waals surface area contributed by atoms with Crippen LogP contribution in [-0.4, -0.2) is 0 Å². The van der Waals surface area contributed by atoms with Gasteiger partial charge in [0.2, 0.25) is 0 Å². The fraction of sp³-hybridized carbons (Fsp3) is 0. The molecule has 0 aromatic carbocycles. The van der Waals surface area contributed by atoms with Gasteiger partial charge in [-0.2, -0.15) is 0 Å². The van der Waals surface area contributed by atoms with E-state index in [0.29, 0.717) is 0 Å². The molecule has 0 N–H and O–H groups in total. The van der Waals surface area contributed by atoms with Crippen LogP contribution in [0.3, 0.4) is 0 Å². The predicted molar refractivity (Wildman–Crippen MR) is 10.0 cm³/mol. The molecule has 41 valence electrons. The van der Waals surface area contributed by atoms with E-state index >= 15 is 0 Å². The molecule has 0 heterocycles. The Hall–Kier alpha value is 0.226. The van der Waals surface area contributed by atoms with Crippen molar-refractivity contribution < 1.29 is 35.6 Å². The average molecular weight is 139 g/mol. The summed E-state index contributed by atoms with van der Waals surface area (Å²) in [4.78, 5) is 0. The molecule has 5 heteroatoms. The molecule has 0 fully saturated rings. The topological polar surface area (TPSA) is 0 Å². The summed E-state index contributed by atoms with van der Waals surface area (Å²) >= 11 is 0. The Bertz CT molecular complexity index is 3.61. The number of rotatable bonds is 0. The average Bonchev–Trinajstić information content (AvgIpc) is 0. The largest absolute Gasteiger partial charge is 0.269 e. The molecule has 0 nitrogen and oxygen atoms in total. The number of halogens is 4. The van der Waals surface area contributed by atoms with Gasteiger partial charge in [0.1, 0.15) is 0 Å². The van der Waals surface area contributed by atoms with Crippen LogP contribution < -0.4 is 0 Å². The molecule has 0 aromatic heterocycles. The zero-order chi connectivity index (χ0) is 0. The van der Waals surface area contributed by atoms with Gasteiger partial charge in [-0.3, -0.25) is 18.8 Å². The molecule has 0 saturated carbocycles. The molecular formula is H4CoF4. The summed E-state index contributed by atoms with van der Waals surface area (Å²) in [6.07, 6.45) is 0. The first-order valence-corrected chi connectivity index (χ1v) is 0. The van der Waals surface area contributed by atoms with Crippen molar-refractivity contribution in [2.75, 3.05) is 0 Å². The Kier molecular flexibility index (Phi) is 312000. The summed E-state index contributed by atoms with van der Waals surface area (Å²) in [7, 11) is 0. The number of hydrogen-bond donors (Lipinski definition) is 0. The molecule has 0 bridgehead atoms. The second kappa shape index (κ2) is 858. The van der Waals surface area contributed by atoms with Crippen LogP contribution in [0.2, 0.25) is 0 Å². The van der Waals surface area contributed by atoms with Crippen molar-refractivity contribution in [3.8, 4) is 0 Å². The minimum absolute atomic E-state index is 0. The van der Waals surface area contributed by atoms with Crippen molar-refractivity contribution in [1.82, 2.24) is 0 Å². The van der Waals surface area contributed by atoms with Gasteiger partial charge < -0.3 is 0 Å². The van der Waals surface area contributed by atoms with E-state index in [-0.39, 0.29) is 35.6 Å². The molecule has 0 aliphatic rings. The fourth-order valence-electron chi connectivity index (χ4n) is 0. The van der Waals surface area contributed by atoms with Gasteiger partial charge in [0, 0.05) is 16.8 Å². The monoisotopic (exact) mass is 139 g/mol. The first kappa shape index (κ1) is 1820. The van der Waals surface area contributed by atoms with Crippen LogP contribution in [0.1, 0.15) is 0 Å². The van der Waals surface area contributed by atoms with Gasteiger partial charge in [-0.05, 0) is 0 Å². The zero-order valence-corrected chi connectivity index (χ0v) is 3.01. The van der Waals surface area contributed by atoms with Crippen LogP contribution in [0.15, 0.2) is 0 Å². The van der Waals surface area contributed by atoms with Crippen molar-refractivity contribution in [2.45, 2.75) is 0 Å². The molecule has 0 aliphatic heterocycles. The molecule has 1 radical (unpaired) electrons. The standard InChI is InChI=1S/Co.4FH/h;4*1H. The smallest absolute Gasteiger partial charge is 0 e. The van der Waals surface area contributed by atoms with Crippen LogP contribution in [0.4, 0.5) is 18.8 Å². The molecule has 0 saturated heterocycles. The first-order valence-electron chi connectivity index (χ1n) is 0. The third-order valence-corrected chi connectivity index (χ3v) is 0. The molecule has 0 aromatic rings. The molecule has 0 amide bonds. The predicted octanol–water partition coefficient (Wildman–Crippen LogP) is 0.607. The summed E-state index contributed by atoms with van der Waals surface area (Å²) in [5.74, 6) is 0. The maximum atomic E-state index is 0. The van der Waals surface area contributed by atoms with Crippen molar-refractivity contribution in [2.24, 2.45) is 0 Å². The minimum atomic E-state index is 0. The van der Waals surface area contributed by atoms with Gasteiger partial charge in [0.25, 0.3) is 0 Å². The third kappa shape index (κ3) is 408. The maximum Gasteiger partial charge on any atom is 0 e. The Labute approximate surface area is 36.6 Å². The number of hydrogen-bond acceptors (Lipinski definition) is 0. The van der Waals surface area contributed by atoms with Gasteiger partial charge in [-0.25, -0.2) is 0 Å². The third-order valence-electron chi connectivity index (χ3n) is 0. The van der Waals surface area contributed by atoms with Crippen LogP contribution >= 0.6 is 0 Å². The second-order valence-electron chi connectivity index (χ2n) is 0. The van der Waals surface area contributed by atoms with Gasteiger partial charge in [0.05, 0.1) is 0 Å². The summed E-state index contributed by atoms with van der Waals surface area (Å²) in [6, 6.07) is 0. The Morgan fingerprint density at radius 3 is 0.400 bits per heavy atom. The van der Waals surface area contributed by atoms with Crippen molar-refractivity contribution in [3.05, 3.63) is 0 Å². The van der Waals surface area contributed by atoms with Crippen molar-refractivity contribution in [3.63, 3.8) is 0 Å². The quantitative estimate of drug-likeness (QED) is 0.431. The summed E-state index contributed by atoms with van der Waals surface area (Å²) in [5.41, 5.74) is 0. The van der Waals surface area contributed by atoms with E-state index in [1.807, 2.05) is 0 Å². The Balaban J connectivity index is 0. The van der Waals surface area contributed by atoms with Gasteiger partial charge in [-0.1, -0.05) is 0 Å². The van der Waals surface area contributed by atoms with E-state index in [4.69, 9.17) is 0 Å². The van der Waals surface area contributed by atoms with Gasteiger partial charge >= 0.3 is 0 Å². The maximum absolute atomic E-state index is 0. The summed E-state index contributed by atoms with van der Waals surface area (Å²) < 4.78 is 0. The normalized spacial score (nSPS) is 0. The van der Waals surface area contributed by atoms with Gasteiger partial charge in [0.15, 0.2) is 0 Å². The Morgan fingerprint density at radius 1 is 0.400 bits per heavy atom. The molecule has 0 atom stereocenters. The summed E-state index contributed by atoms with van der Waals surface area (Å²) in [6.45, 7) is 0. The minimum Gasteiger partial charge on any atom is -0.269 e.